The molecule has 5 heteroatoms. The number of hydrogen-bond acceptors (Lipinski definition) is 4. The number of hydrogen-bond donors (Lipinski definition) is 1. The van der Waals surface area contributed by atoms with E-state index in [9.17, 15) is 5.11 Å². The highest BCUT2D eigenvalue weighted by Gasteiger charge is 2.13. The van der Waals surface area contributed by atoms with E-state index in [1.165, 1.54) is 5.56 Å². The van der Waals surface area contributed by atoms with Crippen LogP contribution in [0.5, 0.6) is 0 Å². The third-order valence-electron chi connectivity index (χ3n) is 3.08. The normalized spacial score (nSPS) is 11.2. The maximum atomic E-state index is 9.25. The SMILES string of the molecule is COCc1c(CO)nnn1-c1ccc(C(C)C)cc1. The Kier molecular flexibility index (Phi) is 4.29. The fraction of sp³-hybridized carbons (Fsp3) is 0.429. The largest absolute Gasteiger partial charge is 0.390 e. The summed E-state index contributed by atoms with van der Waals surface area (Å²) in [5, 5.41) is 17.3. The van der Waals surface area contributed by atoms with E-state index in [-0.39, 0.29) is 6.61 Å². The van der Waals surface area contributed by atoms with Crippen molar-refractivity contribution in [3.63, 3.8) is 0 Å². The zero-order chi connectivity index (χ0) is 13.8. The predicted octanol–water partition coefficient (Wildman–Crippen LogP) is 2.03. The molecule has 1 heterocycles. The Bertz CT molecular complexity index is 532. The molecule has 2 rings (SSSR count). The summed E-state index contributed by atoms with van der Waals surface area (Å²) in [5.74, 6) is 0.497. The van der Waals surface area contributed by atoms with Crippen LogP contribution in [0.15, 0.2) is 24.3 Å². The van der Waals surface area contributed by atoms with Crippen molar-refractivity contribution in [1.82, 2.24) is 15.0 Å². The van der Waals surface area contributed by atoms with Crippen LogP contribution in [0.1, 0.15) is 36.7 Å². The zero-order valence-electron chi connectivity index (χ0n) is 11.5. The first-order valence-electron chi connectivity index (χ1n) is 6.31. The molecule has 0 fully saturated rings. The molecule has 1 aromatic carbocycles. The van der Waals surface area contributed by atoms with Crippen molar-refractivity contribution >= 4 is 0 Å². The van der Waals surface area contributed by atoms with Gasteiger partial charge in [0, 0.05) is 7.11 Å². The zero-order valence-corrected chi connectivity index (χ0v) is 11.5. The number of nitrogens with zero attached hydrogens (tertiary/aromatic N) is 3. The summed E-state index contributed by atoms with van der Waals surface area (Å²) in [5.41, 5.74) is 3.53. The number of ether oxygens (including phenoxy) is 1. The number of aliphatic hydroxyl groups excluding tert-OH is 1. The van der Waals surface area contributed by atoms with Crippen LogP contribution in [0.3, 0.4) is 0 Å². The number of methoxy groups -OCH3 is 1. The van der Waals surface area contributed by atoms with Crippen molar-refractivity contribution in [2.45, 2.75) is 33.0 Å². The second-order valence-electron chi connectivity index (χ2n) is 4.73. The van der Waals surface area contributed by atoms with E-state index < -0.39 is 0 Å². The summed E-state index contributed by atoms with van der Waals surface area (Å²) in [7, 11) is 1.61. The van der Waals surface area contributed by atoms with Crippen molar-refractivity contribution in [3.05, 3.63) is 41.2 Å². The van der Waals surface area contributed by atoms with Crippen LogP contribution >= 0.6 is 0 Å². The minimum absolute atomic E-state index is 0.136. The smallest absolute Gasteiger partial charge is 0.114 e. The molecule has 0 saturated carbocycles. The Balaban J connectivity index is 2.38. The van der Waals surface area contributed by atoms with E-state index >= 15 is 0 Å². The molecule has 1 aromatic heterocycles. The van der Waals surface area contributed by atoms with Gasteiger partial charge >= 0.3 is 0 Å². The first-order chi connectivity index (χ1) is 9.17. The first kappa shape index (κ1) is 13.7. The second kappa shape index (κ2) is 5.95. The minimum atomic E-state index is -0.136. The van der Waals surface area contributed by atoms with Crippen LogP contribution in [0.2, 0.25) is 0 Å². The molecule has 0 amide bonds. The van der Waals surface area contributed by atoms with E-state index in [2.05, 4.69) is 36.3 Å². The maximum absolute atomic E-state index is 9.25. The summed E-state index contributed by atoms with van der Waals surface area (Å²) in [6, 6.07) is 8.17. The molecule has 0 saturated heterocycles. The van der Waals surface area contributed by atoms with Gasteiger partial charge in [-0.1, -0.05) is 31.2 Å². The molecule has 1 N–H and O–H groups in total. The van der Waals surface area contributed by atoms with Crippen molar-refractivity contribution in [3.8, 4) is 5.69 Å². The summed E-state index contributed by atoms with van der Waals surface area (Å²) in [6.07, 6.45) is 0. The van der Waals surface area contributed by atoms with Gasteiger partial charge in [0.25, 0.3) is 0 Å². The quantitative estimate of drug-likeness (QED) is 0.894. The molecular weight excluding hydrogens is 242 g/mol. The topological polar surface area (TPSA) is 60.2 Å². The lowest BCUT2D eigenvalue weighted by Crippen LogP contribution is -2.05. The van der Waals surface area contributed by atoms with E-state index in [0.29, 0.717) is 18.2 Å². The van der Waals surface area contributed by atoms with Gasteiger partial charge in [0.15, 0.2) is 0 Å². The monoisotopic (exact) mass is 261 g/mol. The van der Waals surface area contributed by atoms with Crippen molar-refractivity contribution in [1.29, 1.82) is 0 Å². The number of aliphatic hydroxyl groups is 1. The summed E-state index contributed by atoms with van der Waals surface area (Å²) in [6.45, 7) is 4.55. The van der Waals surface area contributed by atoms with Crippen LogP contribution < -0.4 is 0 Å². The molecule has 0 aliphatic carbocycles. The Hall–Kier alpha value is -1.72. The van der Waals surface area contributed by atoms with Gasteiger partial charge in [0.2, 0.25) is 0 Å². The molecule has 0 aliphatic rings. The molecule has 0 radical (unpaired) electrons. The standard InChI is InChI=1S/C14H19N3O2/c1-10(2)11-4-6-12(7-5-11)17-14(9-19-3)13(8-18)15-16-17/h4-7,10,18H,8-9H2,1-3H3. The van der Waals surface area contributed by atoms with Gasteiger partial charge in [0.1, 0.15) is 5.69 Å². The van der Waals surface area contributed by atoms with Gasteiger partial charge in [-0.05, 0) is 23.6 Å². The Morgan fingerprint density at radius 1 is 1.26 bits per heavy atom. The Morgan fingerprint density at radius 3 is 2.47 bits per heavy atom. The van der Waals surface area contributed by atoms with Gasteiger partial charge in [0.05, 0.1) is 24.6 Å². The Morgan fingerprint density at radius 2 is 1.95 bits per heavy atom. The van der Waals surface area contributed by atoms with Crippen LogP contribution in [-0.4, -0.2) is 27.2 Å². The molecule has 102 valence electrons. The number of rotatable bonds is 5. The molecule has 5 nitrogen and oxygen atoms in total. The lowest BCUT2D eigenvalue weighted by molar-refractivity contribution is 0.175. The van der Waals surface area contributed by atoms with Crippen molar-refractivity contribution in [2.75, 3.05) is 7.11 Å². The summed E-state index contributed by atoms with van der Waals surface area (Å²) < 4.78 is 6.85. The van der Waals surface area contributed by atoms with Crippen LogP contribution in [0.25, 0.3) is 5.69 Å². The lowest BCUT2D eigenvalue weighted by Gasteiger charge is -2.09. The Labute approximate surface area is 112 Å². The number of benzene rings is 1. The average molecular weight is 261 g/mol. The average Bonchev–Trinajstić information content (AvgIpc) is 2.82. The van der Waals surface area contributed by atoms with Crippen LogP contribution in [-0.2, 0) is 18.0 Å². The maximum Gasteiger partial charge on any atom is 0.114 e. The first-order valence-corrected chi connectivity index (χ1v) is 6.31. The van der Waals surface area contributed by atoms with Crippen LogP contribution in [0.4, 0.5) is 0 Å². The van der Waals surface area contributed by atoms with Gasteiger partial charge in [-0.15, -0.1) is 5.10 Å². The molecule has 19 heavy (non-hydrogen) atoms. The van der Waals surface area contributed by atoms with Gasteiger partial charge < -0.3 is 9.84 Å². The third-order valence-corrected chi connectivity index (χ3v) is 3.08. The molecule has 0 atom stereocenters. The van der Waals surface area contributed by atoms with Gasteiger partial charge in [-0.2, -0.15) is 0 Å². The highest BCUT2D eigenvalue weighted by Crippen LogP contribution is 2.18. The number of aromatic nitrogens is 3. The van der Waals surface area contributed by atoms with Gasteiger partial charge in [-0.3, -0.25) is 0 Å². The highest BCUT2D eigenvalue weighted by atomic mass is 16.5. The van der Waals surface area contributed by atoms with E-state index in [1.807, 2.05) is 12.1 Å². The van der Waals surface area contributed by atoms with Crippen LogP contribution in [0, 0.1) is 0 Å². The van der Waals surface area contributed by atoms with Crippen molar-refractivity contribution < 1.29 is 9.84 Å². The lowest BCUT2D eigenvalue weighted by atomic mass is 10.0. The fourth-order valence-corrected chi connectivity index (χ4v) is 1.94. The molecule has 0 bridgehead atoms. The fourth-order valence-electron chi connectivity index (χ4n) is 1.94. The predicted molar refractivity (Wildman–Crippen MR) is 72.1 cm³/mol. The molecule has 0 aliphatic heterocycles. The molecular formula is C14H19N3O2. The minimum Gasteiger partial charge on any atom is -0.390 e. The summed E-state index contributed by atoms with van der Waals surface area (Å²) in [4.78, 5) is 0. The second-order valence-corrected chi connectivity index (χ2v) is 4.73. The molecule has 0 unspecified atom stereocenters. The van der Waals surface area contributed by atoms with E-state index in [1.54, 1.807) is 11.8 Å². The van der Waals surface area contributed by atoms with Gasteiger partial charge in [-0.25, -0.2) is 4.68 Å². The van der Waals surface area contributed by atoms with E-state index in [0.717, 1.165) is 11.4 Å². The third kappa shape index (κ3) is 2.83. The van der Waals surface area contributed by atoms with E-state index in [4.69, 9.17) is 4.74 Å². The molecule has 2 aromatic rings. The summed E-state index contributed by atoms with van der Waals surface area (Å²) >= 11 is 0. The van der Waals surface area contributed by atoms with Crippen molar-refractivity contribution in [2.24, 2.45) is 0 Å². The highest BCUT2D eigenvalue weighted by molar-refractivity contribution is 5.36. The molecule has 0 spiro atoms.